The summed E-state index contributed by atoms with van der Waals surface area (Å²) in [7, 11) is 0. The van der Waals surface area contributed by atoms with Gasteiger partial charge in [0.25, 0.3) is 0 Å². The molecule has 2 aliphatic rings. The lowest BCUT2D eigenvalue weighted by Crippen LogP contribution is -2.58. The Kier molecular flexibility index (Phi) is 18.2. The predicted molar refractivity (Wildman–Crippen MR) is 268 cm³/mol. The Hall–Kier alpha value is -5.78. The highest BCUT2D eigenvalue weighted by atomic mass is 32.1. The normalized spacial score (nSPS) is 18.4. The number of likely N-dealkylation sites (tertiary alicyclic amines) is 1. The third kappa shape index (κ3) is 13.6. The van der Waals surface area contributed by atoms with Gasteiger partial charge in [-0.05, 0) is 92.8 Å². The second-order valence-corrected chi connectivity index (χ2v) is 20.7. The van der Waals surface area contributed by atoms with Gasteiger partial charge in [-0.2, -0.15) is 13.2 Å². The Morgan fingerprint density at radius 2 is 1.65 bits per heavy atom. The van der Waals surface area contributed by atoms with Crippen molar-refractivity contribution in [2.45, 2.75) is 110 Å². The maximum absolute atomic E-state index is 13.9. The van der Waals surface area contributed by atoms with Gasteiger partial charge in [-0.3, -0.25) is 24.1 Å². The molecule has 1 aromatic heterocycles. The predicted octanol–water partition coefficient (Wildman–Crippen LogP) is 8.95. The zero-order chi connectivity index (χ0) is 51.7. The van der Waals surface area contributed by atoms with Crippen LogP contribution in [-0.4, -0.2) is 101 Å². The van der Waals surface area contributed by atoms with Crippen LogP contribution in [0.4, 0.5) is 24.5 Å². The summed E-state index contributed by atoms with van der Waals surface area (Å²) in [4.78, 5) is 65.0. The Labute approximate surface area is 422 Å². The lowest BCUT2D eigenvalue weighted by atomic mass is 9.77. The lowest BCUT2D eigenvalue weighted by molar-refractivity contribution is -0.144. The van der Waals surface area contributed by atoms with Crippen molar-refractivity contribution in [1.82, 2.24) is 20.5 Å². The molecule has 380 valence electrons. The molecule has 1 unspecified atom stereocenters. The van der Waals surface area contributed by atoms with Gasteiger partial charge in [0.05, 0.1) is 51.3 Å². The second kappa shape index (κ2) is 23.6. The molecule has 0 spiro atoms. The number of thiazole rings is 1. The van der Waals surface area contributed by atoms with Crippen LogP contribution < -0.4 is 20.3 Å². The number of nitrogens with zero attached hydrogens (tertiary/aromatic N) is 4. The number of alkyl halides is 3. The van der Waals surface area contributed by atoms with Crippen molar-refractivity contribution < 1.29 is 51.7 Å². The van der Waals surface area contributed by atoms with E-state index in [2.05, 4.69) is 20.5 Å². The number of hydrogen-bond donors (Lipinski definition) is 3. The maximum atomic E-state index is 13.9. The Bertz CT molecular complexity index is 2580. The number of amides is 4. The monoisotopic (exact) mass is 1020 g/mol. The zero-order valence-electron chi connectivity index (χ0n) is 40.8. The summed E-state index contributed by atoms with van der Waals surface area (Å²) in [5.41, 5.74) is 1.92. The number of aryl methyl sites for hydroxylation is 1. The van der Waals surface area contributed by atoms with Crippen molar-refractivity contribution >= 4 is 63.5 Å². The van der Waals surface area contributed by atoms with Crippen LogP contribution >= 0.6 is 23.6 Å². The van der Waals surface area contributed by atoms with Crippen LogP contribution in [0, 0.1) is 24.3 Å². The first kappa shape index (κ1) is 54.6. The molecule has 0 bridgehead atoms. The maximum Gasteiger partial charge on any atom is 0.407 e. The van der Waals surface area contributed by atoms with Crippen molar-refractivity contribution in [2.75, 3.05) is 44.5 Å². The summed E-state index contributed by atoms with van der Waals surface area (Å²) < 4.78 is 58.4. The highest BCUT2D eigenvalue weighted by molar-refractivity contribution is 7.80. The number of hydrogen-bond acceptors (Lipinski definition) is 11. The van der Waals surface area contributed by atoms with Gasteiger partial charge >= 0.3 is 6.18 Å². The average molecular weight is 1020 g/mol. The molecule has 0 radical (unpaired) electrons. The van der Waals surface area contributed by atoms with Gasteiger partial charge in [0.2, 0.25) is 23.6 Å². The number of benzene rings is 3. The number of rotatable bonds is 21. The molecule has 4 amide bonds. The SMILES string of the molecule is [C-]#[N+]c1ccc(N2C(=O)C(C)(C)C(c3ccc(OCCCCCOCCCOCC(=O)N[C@@H](C(=O)N4C[C@@H](O)C[C@H]4C(=O)NCc4ccc(-c5scnc5C)cc4)C(C)(C)C)cc3)C2=S)cc1C(F)(F)F. The van der Waals surface area contributed by atoms with Gasteiger partial charge in [-0.1, -0.05) is 75.5 Å². The molecule has 2 fully saturated rings. The van der Waals surface area contributed by atoms with E-state index in [0.29, 0.717) is 32.0 Å². The Morgan fingerprint density at radius 1 is 0.972 bits per heavy atom. The Morgan fingerprint density at radius 3 is 2.30 bits per heavy atom. The fourth-order valence-corrected chi connectivity index (χ4v) is 10.1. The van der Waals surface area contributed by atoms with Crippen LogP contribution in [-0.2, 0) is 41.4 Å². The largest absolute Gasteiger partial charge is 0.494 e. The molecule has 2 saturated heterocycles. The molecule has 4 atom stereocenters. The van der Waals surface area contributed by atoms with E-state index in [4.69, 9.17) is 33.0 Å². The number of carbonyl (C=O) groups is 4. The summed E-state index contributed by atoms with van der Waals surface area (Å²) >= 11 is 7.26. The van der Waals surface area contributed by atoms with Gasteiger partial charge in [0, 0.05) is 50.9 Å². The third-order valence-electron chi connectivity index (χ3n) is 12.5. The second-order valence-electron chi connectivity index (χ2n) is 19.4. The summed E-state index contributed by atoms with van der Waals surface area (Å²) in [6.45, 7) is 19.6. The van der Waals surface area contributed by atoms with E-state index < -0.39 is 70.1 Å². The van der Waals surface area contributed by atoms with Gasteiger partial charge in [0.15, 0.2) is 5.69 Å². The molecule has 3 N–H and O–H groups in total. The van der Waals surface area contributed by atoms with E-state index in [-0.39, 0.29) is 49.3 Å². The summed E-state index contributed by atoms with van der Waals surface area (Å²) in [5, 5.41) is 16.3. The molecule has 3 heterocycles. The number of aliphatic hydroxyl groups is 1. The first-order valence-electron chi connectivity index (χ1n) is 23.5. The molecular weight excluding hydrogens is 958 g/mol. The van der Waals surface area contributed by atoms with Crippen LogP contribution in [0.15, 0.2) is 72.2 Å². The number of carbonyl (C=O) groups excluding carboxylic acids is 4. The van der Waals surface area contributed by atoms with Crippen LogP contribution in [0.3, 0.4) is 0 Å². The average Bonchev–Trinajstić information content (AvgIpc) is 3.99. The zero-order valence-corrected chi connectivity index (χ0v) is 42.4. The fourth-order valence-electron chi connectivity index (χ4n) is 8.68. The van der Waals surface area contributed by atoms with Gasteiger partial charge in [0.1, 0.15) is 24.4 Å². The van der Waals surface area contributed by atoms with E-state index in [0.717, 1.165) is 63.6 Å². The third-order valence-corrected chi connectivity index (χ3v) is 13.9. The van der Waals surface area contributed by atoms with Gasteiger partial charge < -0.3 is 34.9 Å². The minimum Gasteiger partial charge on any atom is -0.494 e. The van der Waals surface area contributed by atoms with Crippen LogP contribution in [0.25, 0.3) is 15.3 Å². The molecule has 14 nitrogen and oxygen atoms in total. The van der Waals surface area contributed by atoms with Crippen molar-refractivity contribution in [3.8, 4) is 16.2 Å². The minimum atomic E-state index is -4.78. The van der Waals surface area contributed by atoms with Crippen molar-refractivity contribution in [2.24, 2.45) is 10.8 Å². The number of β-amino-alcohol motifs (C(OH)–C–C–N with tert-alkyl or cyclic N) is 1. The molecule has 19 heteroatoms. The summed E-state index contributed by atoms with van der Waals surface area (Å²) in [6, 6.07) is 16.3. The van der Waals surface area contributed by atoms with Crippen molar-refractivity contribution in [3.63, 3.8) is 0 Å². The van der Waals surface area contributed by atoms with Crippen molar-refractivity contribution in [1.29, 1.82) is 0 Å². The van der Waals surface area contributed by atoms with E-state index in [1.165, 1.54) is 11.0 Å². The quantitative estimate of drug-likeness (QED) is 0.0417. The number of anilines is 1. The number of ether oxygens (including phenoxy) is 3. The minimum absolute atomic E-state index is 0.0283. The molecule has 0 saturated carbocycles. The van der Waals surface area contributed by atoms with E-state index in [1.807, 2.05) is 52.0 Å². The van der Waals surface area contributed by atoms with E-state index >= 15 is 0 Å². The number of unbranched alkanes of at least 4 members (excludes halogenated alkanes) is 2. The number of nitrogens with one attached hydrogen (secondary N) is 2. The number of aliphatic hydroxyl groups excluding tert-OH is 1. The molecular formula is C52H61F3N6O8S2. The molecule has 4 aromatic rings. The first-order valence-corrected chi connectivity index (χ1v) is 24.8. The van der Waals surface area contributed by atoms with Crippen LogP contribution in [0.5, 0.6) is 5.75 Å². The topological polar surface area (TPSA) is 164 Å². The first-order chi connectivity index (χ1) is 33.6. The van der Waals surface area contributed by atoms with E-state index in [1.54, 1.807) is 55.0 Å². The number of halogens is 3. The molecule has 71 heavy (non-hydrogen) atoms. The number of aromatic nitrogens is 1. The number of thiocarbonyl (C=S) groups is 1. The smallest absolute Gasteiger partial charge is 0.407 e. The lowest BCUT2D eigenvalue weighted by Gasteiger charge is -2.35. The van der Waals surface area contributed by atoms with Gasteiger partial charge in [-0.25, -0.2) is 9.83 Å². The molecule has 2 aliphatic heterocycles. The van der Waals surface area contributed by atoms with Gasteiger partial charge in [-0.15, -0.1) is 11.3 Å². The van der Waals surface area contributed by atoms with E-state index in [9.17, 15) is 37.5 Å². The fraction of sp³-hybridized carbons (Fsp3) is 0.481. The summed E-state index contributed by atoms with van der Waals surface area (Å²) in [5.74, 6) is -1.72. The van der Waals surface area contributed by atoms with Crippen LogP contribution in [0.2, 0.25) is 0 Å². The van der Waals surface area contributed by atoms with Crippen LogP contribution in [0.1, 0.15) is 95.0 Å². The van der Waals surface area contributed by atoms with Crippen molar-refractivity contribution in [3.05, 3.63) is 106 Å². The summed E-state index contributed by atoms with van der Waals surface area (Å²) in [6.07, 6.45) is -2.60. The highest BCUT2D eigenvalue weighted by Crippen LogP contribution is 2.48. The molecule has 0 aliphatic carbocycles. The standard InChI is InChI=1S/C52H61F3N6O8S2/c1-32-44(71-31-58-32)35-14-12-33(13-15-35)28-57-46(64)41-27-37(62)29-60(41)47(65)45(50(2,3)4)59-42(63)30-68-24-11-23-67-22-9-8-10-25-69-38-19-16-34(17-20-38)43-48(70)61(49(66)51(43,5)6)36-18-21-40(56-7)39(26-36)52(53,54)55/h12-21,26,31,37,41,43,45,62H,8-11,22-25,27-30H2,1-6H3,(H,57,64)(H,59,63)/t37-,41-,43?,45-/m0/s1. The Balaban J connectivity index is 0.851. The highest BCUT2D eigenvalue weighted by Gasteiger charge is 2.52. The molecule has 3 aromatic carbocycles. The molecule has 6 rings (SSSR count).